The smallest absolute Gasteiger partial charge is 0.381 e. The number of halogens is 4. The second kappa shape index (κ2) is 6.09. The first kappa shape index (κ1) is 16.8. The summed E-state index contributed by atoms with van der Waals surface area (Å²) in [5.74, 6) is -0.830. The van der Waals surface area contributed by atoms with Gasteiger partial charge in [-0.25, -0.2) is 0 Å². The Hall–Kier alpha value is -1.08. The summed E-state index contributed by atoms with van der Waals surface area (Å²) in [5.41, 5.74) is -0.103. The number of hydrogen-bond acceptors (Lipinski definition) is 2. The van der Waals surface area contributed by atoms with Gasteiger partial charge in [0.2, 0.25) is 5.91 Å². The molecule has 1 aliphatic carbocycles. The molecular weight excluding hydrogens is 375 g/mol. The molecule has 0 bridgehead atoms. The Kier molecular flexibility index (Phi) is 4.44. The van der Waals surface area contributed by atoms with Crippen molar-refractivity contribution in [3.8, 4) is 0 Å². The minimum absolute atomic E-state index is 0.0377. The topological polar surface area (TPSA) is 38.3 Å². The van der Waals surface area contributed by atoms with Gasteiger partial charge in [-0.15, -0.1) is 0 Å². The van der Waals surface area contributed by atoms with E-state index in [2.05, 4.69) is 21.2 Å². The highest BCUT2D eigenvalue weighted by atomic mass is 79.9. The van der Waals surface area contributed by atoms with E-state index in [1.54, 1.807) is 0 Å². The lowest BCUT2D eigenvalue weighted by atomic mass is 9.93. The Morgan fingerprint density at radius 2 is 1.87 bits per heavy atom. The van der Waals surface area contributed by atoms with E-state index in [-0.39, 0.29) is 16.9 Å². The van der Waals surface area contributed by atoms with Crippen LogP contribution in [-0.2, 0) is 9.53 Å². The van der Waals surface area contributed by atoms with E-state index in [1.807, 2.05) is 0 Å². The van der Waals surface area contributed by atoms with Crippen LogP contribution in [0, 0.1) is 11.3 Å². The maximum Gasteiger partial charge on any atom is 0.412 e. The molecular formula is C16H17BrF3NO2. The Labute approximate surface area is 140 Å². The van der Waals surface area contributed by atoms with Gasteiger partial charge in [-0.05, 0) is 42.4 Å². The number of benzene rings is 1. The third-order valence-corrected chi connectivity index (χ3v) is 5.34. The predicted molar refractivity (Wildman–Crippen MR) is 81.7 cm³/mol. The second-order valence-electron chi connectivity index (χ2n) is 6.27. The number of ether oxygens (including phenoxy) is 1. The summed E-state index contributed by atoms with van der Waals surface area (Å²) in [4.78, 5) is 12.3. The highest BCUT2D eigenvalue weighted by Gasteiger charge is 2.59. The van der Waals surface area contributed by atoms with Crippen LogP contribution in [0.5, 0.6) is 0 Å². The summed E-state index contributed by atoms with van der Waals surface area (Å²) < 4.78 is 46.0. The molecule has 1 spiro atoms. The first-order chi connectivity index (χ1) is 10.8. The largest absolute Gasteiger partial charge is 0.412 e. The van der Waals surface area contributed by atoms with Gasteiger partial charge in [0.05, 0.1) is 0 Å². The summed E-state index contributed by atoms with van der Waals surface area (Å²) in [6.45, 7) is 1.17. The molecule has 3 nitrogen and oxygen atoms in total. The highest BCUT2D eigenvalue weighted by Crippen LogP contribution is 2.59. The maximum atomic E-state index is 13.3. The molecule has 1 aromatic rings. The van der Waals surface area contributed by atoms with E-state index in [9.17, 15) is 18.0 Å². The average molecular weight is 392 g/mol. The van der Waals surface area contributed by atoms with Crippen LogP contribution in [0.3, 0.4) is 0 Å². The predicted octanol–water partition coefficient (Wildman–Crippen LogP) is 3.99. The number of carbonyl (C=O) groups excluding carboxylic acids is 1. The van der Waals surface area contributed by atoms with Crippen LogP contribution >= 0.6 is 15.9 Å². The zero-order valence-electron chi connectivity index (χ0n) is 12.3. The maximum absolute atomic E-state index is 13.3. The highest BCUT2D eigenvalue weighted by molar-refractivity contribution is 9.10. The fraction of sp³-hybridized carbons (Fsp3) is 0.562. The van der Waals surface area contributed by atoms with Gasteiger partial charge < -0.3 is 10.1 Å². The van der Waals surface area contributed by atoms with Gasteiger partial charge in [0.25, 0.3) is 0 Å². The van der Waals surface area contributed by atoms with Gasteiger partial charge in [0, 0.05) is 23.6 Å². The third-order valence-electron chi connectivity index (χ3n) is 4.81. The first-order valence-electron chi connectivity index (χ1n) is 7.52. The summed E-state index contributed by atoms with van der Waals surface area (Å²) in [6.07, 6.45) is -2.37. The fourth-order valence-electron chi connectivity index (χ4n) is 3.30. The van der Waals surface area contributed by atoms with Crippen LogP contribution in [0.4, 0.5) is 13.2 Å². The standard InChI is InChI=1S/C16H17BrF3NO2/c17-11-3-1-10(2-4-11)13(16(18,19)20)21-14(22)12-9-15(12)5-7-23-8-6-15/h1-4,12-13H,5-9H2,(H,21,22). The zero-order valence-corrected chi connectivity index (χ0v) is 13.9. The van der Waals surface area contributed by atoms with Crippen molar-refractivity contribution in [2.24, 2.45) is 11.3 Å². The number of rotatable bonds is 3. The zero-order chi connectivity index (χ0) is 16.7. The van der Waals surface area contributed by atoms with Crippen molar-refractivity contribution in [2.45, 2.75) is 31.5 Å². The Morgan fingerprint density at radius 1 is 1.26 bits per heavy atom. The number of amides is 1. The number of nitrogens with one attached hydrogen (secondary N) is 1. The van der Waals surface area contributed by atoms with E-state index in [4.69, 9.17) is 4.74 Å². The summed E-state index contributed by atoms with van der Waals surface area (Å²) >= 11 is 3.20. The van der Waals surface area contributed by atoms with Crippen molar-refractivity contribution in [2.75, 3.05) is 13.2 Å². The van der Waals surface area contributed by atoms with Crippen molar-refractivity contribution in [1.29, 1.82) is 0 Å². The van der Waals surface area contributed by atoms with Crippen molar-refractivity contribution in [3.05, 3.63) is 34.3 Å². The average Bonchev–Trinajstić information content (AvgIpc) is 3.19. The molecule has 1 heterocycles. The van der Waals surface area contributed by atoms with Crippen molar-refractivity contribution >= 4 is 21.8 Å². The van der Waals surface area contributed by atoms with E-state index < -0.39 is 18.1 Å². The molecule has 126 valence electrons. The van der Waals surface area contributed by atoms with Crippen LogP contribution in [0.25, 0.3) is 0 Å². The quantitative estimate of drug-likeness (QED) is 0.845. The Bertz CT molecular complexity index is 582. The molecule has 23 heavy (non-hydrogen) atoms. The molecule has 3 rings (SSSR count). The van der Waals surface area contributed by atoms with E-state index in [0.717, 1.165) is 12.8 Å². The molecule has 2 fully saturated rings. The molecule has 1 amide bonds. The lowest BCUT2D eigenvalue weighted by molar-refractivity contribution is -0.164. The van der Waals surface area contributed by atoms with Gasteiger partial charge in [0.15, 0.2) is 6.04 Å². The first-order valence-corrected chi connectivity index (χ1v) is 8.31. The summed E-state index contributed by atoms with van der Waals surface area (Å²) in [5, 5.41) is 2.21. The van der Waals surface area contributed by atoms with Gasteiger partial charge in [-0.2, -0.15) is 13.2 Å². The number of carbonyl (C=O) groups is 1. The second-order valence-corrected chi connectivity index (χ2v) is 7.18. The van der Waals surface area contributed by atoms with E-state index in [0.29, 0.717) is 24.1 Å². The number of hydrogen-bond donors (Lipinski definition) is 1. The molecule has 1 saturated heterocycles. The molecule has 0 aromatic heterocycles. The van der Waals surface area contributed by atoms with Gasteiger partial charge in [-0.1, -0.05) is 28.1 Å². The van der Waals surface area contributed by atoms with Crippen LogP contribution in [-0.4, -0.2) is 25.3 Å². The van der Waals surface area contributed by atoms with Crippen molar-refractivity contribution in [3.63, 3.8) is 0 Å². The Balaban J connectivity index is 1.72. The Morgan fingerprint density at radius 3 is 2.43 bits per heavy atom. The monoisotopic (exact) mass is 391 g/mol. The van der Waals surface area contributed by atoms with Gasteiger partial charge in [0.1, 0.15) is 0 Å². The molecule has 2 atom stereocenters. The van der Waals surface area contributed by atoms with Crippen LogP contribution in [0.2, 0.25) is 0 Å². The molecule has 2 aliphatic rings. The van der Waals surface area contributed by atoms with E-state index >= 15 is 0 Å². The minimum atomic E-state index is -4.53. The molecule has 7 heteroatoms. The van der Waals surface area contributed by atoms with Gasteiger partial charge >= 0.3 is 6.18 Å². The van der Waals surface area contributed by atoms with E-state index in [1.165, 1.54) is 24.3 Å². The summed E-state index contributed by atoms with van der Waals surface area (Å²) in [7, 11) is 0. The molecule has 1 aliphatic heterocycles. The van der Waals surface area contributed by atoms with Crippen LogP contribution < -0.4 is 5.32 Å². The minimum Gasteiger partial charge on any atom is -0.381 e. The molecule has 0 radical (unpaired) electrons. The van der Waals surface area contributed by atoms with Crippen molar-refractivity contribution in [1.82, 2.24) is 5.32 Å². The fourth-order valence-corrected chi connectivity index (χ4v) is 3.57. The third kappa shape index (κ3) is 3.55. The lowest BCUT2D eigenvalue weighted by Gasteiger charge is -2.25. The number of alkyl halides is 3. The SMILES string of the molecule is O=C(NC(c1ccc(Br)cc1)C(F)(F)F)C1CC12CCOCC2. The molecule has 1 N–H and O–H groups in total. The van der Waals surface area contributed by atoms with Gasteiger partial charge in [-0.3, -0.25) is 4.79 Å². The van der Waals surface area contributed by atoms with Crippen LogP contribution in [0.1, 0.15) is 30.9 Å². The summed E-state index contributed by atoms with van der Waals surface area (Å²) in [6, 6.07) is 3.86. The molecule has 1 saturated carbocycles. The normalized spacial score (nSPS) is 24.3. The lowest BCUT2D eigenvalue weighted by Crippen LogP contribution is -2.40. The van der Waals surface area contributed by atoms with Crippen molar-refractivity contribution < 1.29 is 22.7 Å². The molecule has 2 unspecified atom stereocenters. The van der Waals surface area contributed by atoms with Crippen LogP contribution in [0.15, 0.2) is 28.7 Å². The molecule has 1 aromatic carbocycles.